The Morgan fingerprint density at radius 3 is 2.59 bits per heavy atom. The number of hydrogen-bond donors (Lipinski definition) is 1. The van der Waals surface area contributed by atoms with Gasteiger partial charge in [-0.2, -0.15) is 0 Å². The first-order chi connectivity index (χ1) is 10.7. The van der Waals surface area contributed by atoms with E-state index in [1.54, 1.807) is 0 Å². The molecule has 0 saturated carbocycles. The summed E-state index contributed by atoms with van der Waals surface area (Å²) in [5.41, 5.74) is 9.98. The second-order valence-electron chi connectivity index (χ2n) is 5.64. The molecule has 0 radical (unpaired) electrons. The van der Waals surface area contributed by atoms with Gasteiger partial charge in [0, 0.05) is 12.7 Å². The third-order valence-electron chi connectivity index (χ3n) is 3.72. The number of ether oxygens (including phenoxy) is 1. The van der Waals surface area contributed by atoms with Crippen LogP contribution in [0.3, 0.4) is 0 Å². The highest BCUT2D eigenvalue weighted by atomic mass is 16.5. The standard InChI is InChI=1S/C18H21N3O/c1-13(2)17-15(11-19)21-10-6-9-16(18(21)20-17)22-12-14-7-4-3-5-8-14/h3-10,13H,11-12,19H2,1-2H3. The maximum Gasteiger partial charge on any atom is 0.180 e. The minimum Gasteiger partial charge on any atom is -0.485 e. The predicted octanol–water partition coefficient (Wildman–Crippen LogP) is 3.50. The van der Waals surface area contributed by atoms with E-state index in [0.717, 1.165) is 28.3 Å². The molecule has 4 heteroatoms. The maximum atomic E-state index is 5.97. The van der Waals surface area contributed by atoms with Crippen LogP contribution in [0.2, 0.25) is 0 Å². The van der Waals surface area contributed by atoms with Crippen LogP contribution in [0, 0.1) is 0 Å². The lowest BCUT2D eigenvalue weighted by atomic mass is 10.1. The molecule has 2 N–H and O–H groups in total. The molecule has 0 saturated heterocycles. The number of aromatic nitrogens is 2. The van der Waals surface area contributed by atoms with Crippen LogP contribution >= 0.6 is 0 Å². The van der Waals surface area contributed by atoms with Crippen molar-refractivity contribution >= 4 is 5.65 Å². The average molecular weight is 295 g/mol. The summed E-state index contributed by atoms with van der Waals surface area (Å²) in [7, 11) is 0. The van der Waals surface area contributed by atoms with Gasteiger partial charge in [-0.15, -0.1) is 0 Å². The second-order valence-corrected chi connectivity index (χ2v) is 5.64. The molecule has 2 heterocycles. The van der Waals surface area contributed by atoms with Crippen LogP contribution in [0.1, 0.15) is 36.7 Å². The number of benzene rings is 1. The molecule has 0 atom stereocenters. The molecule has 4 nitrogen and oxygen atoms in total. The number of hydrogen-bond acceptors (Lipinski definition) is 3. The fourth-order valence-corrected chi connectivity index (χ4v) is 2.62. The van der Waals surface area contributed by atoms with Crippen molar-refractivity contribution in [3.63, 3.8) is 0 Å². The molecule has 1 aromatic carbocycles. The molecule has 2 aromatic heterocycles. The van der Waals surface area contributed by atoms with Crippen LogP contribution in [0.5, 0.6) is 5.75 Å². The van der Waals surface area contributed by atoms with Gasteiger partial charge in [0.15, 0.2) is 11.4 Å². The third-order valence-corrected chi connectivity index (χ3v) is 3.72. The average Bonchev–Trinajstić information content (AvgIpc) is 2.93. The van der Waals surface area contributed by atoms with Crippen molar-refractivity contribution in [3.05, 3.63) is 65.6 Å². The van der Waals surface area contributed by atoms with E-state index >= 15 is 0 Å². The highest BCUT2D eigenvalue weighted by Gasteiger charge is 2.16. The van der Waals surface area contributed by atoms with E-state index in [9.17, 15) is 0 Å². The lowest BCUT2D eigenvalue weighted by Gasteiger charge is -2.08. The Labute approximate surface area is 130 Å². The number of imidazole rings is 1. The normalized spacial score (nSPS) is 11.3. The summed E-state index contributed by atoms with van der Waals surface area (Å²) in [6.07, 6.45) is 1.99. The van der Waals surface area contributed by atoms with Gasteiger partial charge >= 0.3 is 0 Å². The first kappa shape index (κ1) is 14.6. The summed E-state index contributed by atoms with van der Waals surface area (Å²) < 4.78 is 8.01. The van der Waals surface area contributed by atoms with Crippen LogP contribution < -0.4 is 10.5 Å². The van der Waals surface area contributed by atoms with Gasteiger partial charge < -0.3 is 10.5 Å². The van der Waals surface area contributed by atoms with Crippen LogP contribution in [-0.2, 0) is 13.2 Å². The van der Waals surface area contributed by atoms with Crippen molar-refractivity contribution in [1.82, 2.24) is 9.38 Å². The van der Waals surface area contributed by atoms with Crippen molar-refractivity contribution in [3.8, 4) is 5.75 Å². The Kier molecular flexibility index (Phi) is 4.11. The number of pyridine rings is 1. The molecule has 0 aliphatic carbocycles. The van der Waals surface area contributed by atoms with Crippen molar-refractivity contribution in [2.24, 2.45) is 5.73 Å². The van der Waals surface area contributed by atoms with Crippen molar-refractivity contribution in [2.45, 2.75) is 32.9 Å². The van der Waals surface area contributed by atoms with E-state index in [-0.39, 0.29) is 0 Å². The zero-order chi connectivity index (χ0) is 15.5. The molecule has 3 aromatic rings. The number of nitrogens with zero attached hydrogens (tertiary/aromatic N) is 2. The highest BCUT2D eigenvalue weighted by Crippen LogP contribution is 2.26. The van der Waals surface area contributed by atoms with Crippen LogP contribution in [-0.4, -0.2) is 9.38 Å². The van der Waals surface area contributed by atoms with Gasteiger partial charge in [0.05, 0.1) is 11.4 Å². The summed E-state index contributed by atoms with van der Waals surface area (Å²) in [6, 6.07) is 14.1. The molecule has 0 spiro atoms. The van der Waals surface area contributed by atoms with Gasteiger partial charge in [0.2, 0.25) is 0 Å². The van der Waals surface area contributed by atoms with Gasteiger partial charge in [-0.25, -0.2) is 4.98 Å². The Morgan fingerprint density at radius 1 is 1.14 bits per heavy atom. The maximum absolute atomic E-state index is 5.97. The SMILES string of the molecule is CC(C)c1nc2c(OCc3ccccc3)cccn2c1CN. The van der Waals surface area contributed by atoms with Crippen LogP contribution in [0.4, 0.5) is 0 Å². The first-order valence-electron chi connectivity index (χ1n) is 7.57. The van der Waals surface area contributed by atoms with E-state index in [4.69, 9.17) is 15.5 Å². The molecule has 0 bridgehead atoms. The molecular formula is C18H21N3O. The van der Waals surface area contributed by atoms with E-state index in [1.165, 1.54) is 0 Å². The molecule has 0 unspecified atom stereocenters. The van der Waals surface area contributed by atoms with E-state index in [2.05, 4.69) is 26.0 Å². The molecule has 114 valence electrons. The quantitative estimate of drug-likeness (QED) is 0.784. The third kappa shape index (κ3) is 2.70. The Balaban J connectivity index is 1.96. The van der Waals surface area contributed by atoms with Gasteiger partial charge in [0.1, 0.15) is 6.61 Å². The molecule has 22 heavy (non-hydrogen) atoms. The summed E-state index contributed by atoms with van der Waals surface area (Å²) in [5.74, 6) is 1.12. The fourth-order valence-electron chi connectivity index (χ4n) is 2.62. The lowest BCUT2D eigenvalue weighted by Crippen LogP contribution is -2.05. The monoisotopic (exact) mass is 295 g/mol. The minimum atomic E-state index is 0.334. The fraction of sp³-hybridized carbons (Fsp3) is 0.278. The molecule has 0 fully saturated rings. The topological polar surface area (TPSA) is 52.5 Å². The highest BCUT2D eigenvalue weighted by molar-refractivity contribution is 5.56. The van der Waals surface area contributed by atoms with Crippen molar-refractivity contribution in [1.29, 1.82) is 0 Å². The Hall–Kier alpha value is -2.33. The number of nitrogens with two attached hydrogens (primary N) is 1. The van der Waals surface area contributed by atoms with E-state index < -0.39 is 0 Å². The van der Waals surface area contributed by atoms with Crippen LogP contribution in [0.25, 0.3) is 5.65 Å². The zero-order valence-electron chi connectivity index (χ0n) is 13.0. The number of rotatable bonds is 5. The second kappa shape index (κ2) is 6.20. The Morgan fingerprint density at radius 2 is 1.91 bits per heavy atom. The molecule has 0 aliphatic heterocycles. The van der Waals surface area contributed by atoms with Gasteiger partial charge in [-0.1, -0.05) is 44.2 Å². The predicted molar refractivity (Wildman–Crippen MR) is 87.9 cm³/mol. The van der Waals surface area contributed by atoms with Gasteiger partial charge in [-0.3, -0.25) is 4.40 Å². The van der Waals surface area contributed by atoms with Gasteiger partial charge in [-0.05, 0) is 23.6 Å². The zero-order valence-corrected chi connectivity index (χ0v) is 13.0. The van der Waals surface area contributed by atoms with Crippen LogP contribution in [0.15, 0.2) is 48.7 Å². The first-order valence-corrected chi connectivity index (χ1v) is 7.57. The summed E-state index contributed by atoms with van der Waals surface area (Å²) >= 11 is 0. The van der Waals surface area contributed by atoms with E-state index in [0.29, 0.717) is 19.1 Å². The van der Waals surface area contributed by atoms with Crippen molar-refractivity contribution < 1.29 is 4.74 Å². The molecule has 3 rings (SSSR count). The number of fused-ring (bicyclic) bond motifs is 1. The summed E-state index contributed by atoms with van der Waals surface area (Å²) in [5, 5.41) is 0. The molecule has 0 amide bonds. The molecular weight excluding hydrogens is 274 g/mol. The summed E-state index contributed by atoms with van der Waals surface area (Å²) in [4.78, 5) is 4.75. The van der Waals surface area contributed by atoms with Crippen molar-refractivity contribution in [2.75, 3.05) is 0 Å². The largest absolute Gasteiger partial charge is 0.485 e. The smallest absolute Gasteiger partial charge is 0.180 e. The Bertz CT molecular complexity index is 763. The minimum absolute atomic E-state index is 0.334. The summed E-state index contributed by atoms with van der Waals surface area (Å²) in [6.45, 7) is 5.26. The van der Waals surface area contributed by atoms with E-state index in [1.807, 2.05) is 40.9 Å². The lowest BCUT2D eigenvalue weighted by molar-refractivity contribution is 0.308. The molecule has 0 aliphatic rings. The van der Waals surface area contributed by atoms with Gasteiger partial charge in [0.25, 0.3) is 0 Å².